The molecule has 0 saturated heterocycles. The van der Waals surface area contributed by atoms with Gasteiger partial charge < -0.3 is 10.2 Å². The molecule has 84 valence electrons. The Balaban J connectivity index is 2.10. The molecule has 0 spiro atoms. The molecule has 2 heteroatoms. The van der Waals surface area contributed by atoms with Gasteiger partial charge in [-0.1, -0.05) is 13.8 Å². The van der Waals surface area contributed by atoms with E-state index in [0.717, 1.165) is 19.1 Å². The van der Waals surface area contributed by atoms with E-state index in [0.29, 0.717) is 5.41 Å². The maximum absolute atomic E-state index is 3.65. The van der Waals surface area contributed by atoms with Gasteiger partial charge in [0, 0.05) is 19.1 Å². The second-order valence-corrected chi connectivity index (χ2v) is 5.70. The SMILES string of the molecule is CN(C)CCNC1CCC(C)(C)CC1. The molecule has 0 bridgehead atoms. The normalized spacial score (nSPS) is 22.9. The monoisotopic (exact) mass is 198 g/mol. The summed E-state index contributed by atoms with van der Waals surface area (Å²) < 4.78 is 0. The van der Waals surface area contributed by atoms with Crippen LogP contribution < -0.4 is 5.32 Å². The minimum Gasteiger partial charge on any atom is -0.313 e. The first kappa shape index (κ1) is 12.0. The van der Waals surface area contributed by atoms with Gasteiger partial charge in [-0.2, -0.15) is 0 Å². The summed E-state index contributed by atoms with van der Waals surface area (Å²) in [6.45, 7) is 7.07. The van der Waals surface area contributed by atoms with Gasteiger partial charge >= 0.3 is 0 Å². The van der Waals surface area contributed by atoms with Crippen molar-refractivity contribution in [3.05, 3.63) is 0 Å². The maximum Gasteiger partial charge on any atom is 0.0101 e. The minimum atomic E-state index is 0.597. The van der Waals surface area contributed by atoms with Gasteiger partial charge in [0.1, 0.15) is 0 Å². The molecule has 0 heterocycles. The van der Waals surface area contributed by atoms with Crippen molar-refractivity contribution >= 4 is 0 Å². The van der Waals surface area contributed by atoms with Gasteiger partial charge in [-0.15, -0.1) is 0 Å². The van der Waals surface area contributed by atoms with Crippen LogP contribution in [0.15, 0.2) is 0 Å². The minimum absolute atomic E-state index is 0.597. The molecule has 1 aliphatic rings. The van der Waals surface area contributed by atoms with Gasteiger partial charge in [-0.25, -0.2) is 0 Å². The first-order chi connectivity index (χ1) is 6.49. The number of hydrogen-bond acceptors (Lipinski definition) is 2. The second-order valence-electron chi connectivity index (χ2n) is 5.70. The fourth-order valence-electron chi connectivity index (χ4n) is 2.10. The Kier molecular flexibility index (Phi) is 4.39. The fourth-order valence-corrected chi connectivity index (χ4v) is 2.10. The van der Waals surface area contributed by atoms with Crippen LogP contribution in [0.4, 0.5) is 0 Å². The predicted molar refractivity (Wildman–Crippen MR) is 62.6 cm³/mol. The third kappa shape index (κ3) is 4.43. The lowest BCUT2D eigenvalue weighted by molar-refractivity contribution is 0.204. The standard InChI is InChI=1S/C12H26N2/c1-12(2)7-5-11(6-8-12)13-9-10-14(3)4/h11,13H,5-10H2,1-4H3. The smallest absolute Gasteiger partial charge is 0.0101 e. The van der Waals surface area contributed by atoms with E-state index in [9.17, 15) is 0 Å². The zero-order valence-electron chi connectivity index (χ0n) is 10.3. The molecule has 14 heavy (non-hydrogen) atoms. The van der Waals surface area contributed by atoms with E-state index in [1.54, 1.807) is 0 Å². The lowest BCUT2D eigenvalue weighted by Crippen LogP contribution is -2.38. The van der Waals surface area contributed by atoms with Crippen LogP contribution >= 0.6 is 0 Å². The molecule has 2 nitrogen and oxygen atoms in total. The highest BCUT2D eigenvalue weighted by Gasteiger charge is 2.26. The third-order valence-electron chi connectivity index (χ3n) is 3.33. The average molecular weight is 198 g/mol. The van der Waals surface area contributed by atoms with Crippen LogP contribution in [0.5, 0.6) is 0 Å². The van der Waals surface area contributed by atoms with Crippen molar-refractivity contribution in [3.63, 3.8) is 0 Å². The van der Waals surface area contributed by atoms with Gasteiger partial charge in [-0.3, -0.25) is 0 Å². The largest absolute Gasteiger partial charge is 0.313 e. The van der Waals surface area contributed by atoms with Crippen molar-refractivity contribution in [2.24, 2.45) is 5.41 Å². The van der Waals surface area contributed by atoms with Crippen LogP contribution in [0, 0.1) is 5.41 Å². The summed E-state index contributed by atoms with van der Waals surface area (Å²) in [7, 11) is 4.26. The van der Waals surface area contributed by atoms with Gasteiger partial charge in [0.25, 0.3) is 0 Å². The second kappa shape index (κ2) is 5.13. The van der Waals surface area contributed by atoms with E-state index in [-0.39, 0.29) is 0 Å². The predicted octanol–water partition coefficient (Wildman–Crippen LogP) is 2.11. The summed E-state index contributed by atoms with van der Waals surface area (Å²) in [6, 6.07) is 0.781. The Bertz CT molecular complexity index is 154. The van der Waals surface area contributed by atoms with Crippen molar-refractivity contribution < 1.29 is 0 Å². The Morgan fingerprint density at radius 3 is 2.29 bits per heavy atom. The van der Waals surface area contributed by atoms with Crippen LogP contribution in [-0.2, 0) is 0 Å². The number of nitrogens with zero attached hydrogens (tertiary/aromatic N) is 1. The molecule has 0 aromatic heterocycles. The van der Waals surface area contributed by atoms with Gasteiger partial charge in [0.2, 0.25) is 0 Å². The average Bonchev–Trinajstić information content (AvgIpc) is 2.07. The molecule has 1 aliphatic carbocycles. The van der Waals surface area contributed by atoms with E-state index in [4.69, 9.17) is 0 Å². The number of rotatable bonds is 4. The van der Waals surface area contributed by atoms with Crippen LogP contribution in [0.3, 0.4) is 0 Å². The Morgan fingerprint density at radius 2 is 1.79 bits per heavy atom. The fraction of sp³-hybridized carbons (Fsp3) is 1.00. The summed E-state index contributed by atoms with van der Waals surface area (Å²) in [5, 5.41) is 3.65. The molecular weight excluding hydrogens is 172 g/mol. The van der Waals surface area contributed by atoms with E-state index < -0.39 is 0 Å². The molecule has 0 amide bonds. The molecule has 1 N–H and O–H groups in total. The zero-order chi connectivity index (χ0) is 10.6. The molecule has 0 aliphatic heterocycles. The van der Waals surface area contributed by atoms with Crippen LogP contribution in [0.1, 0.15) is 39.5 Å². The molecule has 0 aromatic rings. The summed E-state index contributed by atoms with van der Waals surface area (Å²) >= 11 is 0. The molecule has 0 aromatic carbocycles. The third-order valence-corrected chi connectivity index (χ3v) is 3.33. The van der Waals surface area contributed by atoms with Crippen molar-refractivity contribution in [1.82, 2.24) is 10.2 Å². The first-order valence-electron chi connectivity index (χ1n) is 5.88. The molecule has 1 fully saturated rings. The molecule has 0 unspecified atom stereocenters. The van der Waals surface area contributed by atoms with Crippen molar-refractivity contribution in [2.45, 2.75) is 45.6 Å². The Hall–Kier alpha value is -0.0800. The van der Waals surface area contributed by atoms with Gasteiger partial charge in [-0.05, 0) is 45.2 Å². The summed E-state index contributed by atoms with van der Waals surface area (Å²) in [6.07, 6.45) is 5.49. The molecule has 1 rings (SSSR count). The highest BCUT2D eigenvalue weighted by molar-refractivity contribution is 4.82. The molecule has 0 atom stereocenters. The maximum atomic E-state index is 3.65. The number of likely N-dealkylation sites (N-methyl/N-ethyl adjacent to an activating group) is 1. The van der Waals surface area contributed by atoms with Crippen molar-refractivity contribution in [3.8, 4) is 0 Å². The molecular formula is C12H26N2. The molecule has 1 saturated carbocycles. The summed E-state index contributed by atoms with van der Waals surface area (Å²) in [5.74, 6) is 0. The lowest BCUT2D eigenvalue weighted by atomic mass is 9.75. The van der Waals surface area contributed by atoms with Gasteiger partial charge in [0.15, 0.2) is 0 Å². The van der Waals surface area contributed by atoms with E-state index in [1.807, 2.05) is 0 Å². The van der Waals surface area contributed by atoms with E-state index in [2.05, 4.69) is 38.2 Å². The van der Waals surface area contributed by atoms with Crippen molar-refractivity contribution in [2.75, 3.05) is 27.2 Å². The topological polar surface area (TPSA) is 15.3 Å². The number of hydrogen-bond donors (Lipinski definition) is 1. The Labute approximate surface area is 89.1 Å². The first-order valence-corrected chi connectivity index (χ1v) is 5.88. The van der Waals surface area contributed by atoms with E-state index in [1.165, 1.54) is 25.7 Å². The quantitative estimate of drug-likeness (QED) is 0.744. The van der Waals surface area contributed by atoms with Crippen molar-refractivity contribution in [1.29, 1.82) is 0 Å². The van der Waals surface area contributed by atoms with Gasteiger partial charge in [0.05, 0.1) is 0 Å². The van der Waals surface area contributed by atoms with E-state index >= 15 is 0 Å². The highest BCUT2D eigenvalue weighted by atomic mass is 15.1. The van der Waals surface area contributed by atoms with Crippen LogP contribution in [0.25, 0.3) is 0 Å². The summed E-state index contributed by atoms with van der Waals surface area (Å²) in [4.78, 5) is 2.24. The number of nitrogens with one attached hydrogen (secondary N) is 1. The summed E-state index contributed by atoms with van der Waals surface area (Å²) in [5.41, 5.74) is 0.597. The zero-order valence-corrected chi connectivity index (χ0v) is 10.3. The lowest BCUT2D eigenvalue weighted by Gasteiger charge is -2.34. The molecule has 0 radical (unpaired) electrons. The highest BCUT2D eigenvalue weighted by Crippen LogP contribution is 2.34. The van der Waals surface area contributed by atoms with Crippen LogP contribution in [-0.4, -0.2) is 38.1 Å². The van der Waals surface area contributed by atoms with Crippen LogP contribution in [0.2, 0.25) is 0 Å². The Morgan fingerprint density at radius 1 is 1.21 bits per heavy atom.